The summed E-state index contributed by atoms with van der Waals surface area (Å²) < 4.78 is 34.9. The first kappa shape index (κ1) is 25.8. The second-order valence-electron chi connectivity index (χ2n) is 9.23. The predicted molar refractivity (Wildman–Crippen MR) is 126 cm³/mol. The molecule has 2 amide bonds. The average Bonchev–Trinajstić information content (AvgIpc) is 3.45. The quantitative estimate of drug-likeness (QED) is 0.458. The first-order valence-corrected chi connectivity index (χ1v) is 12.1. The summed E-state index contributed by atoms with van der Waals surface area (Å²) in [5.74, 6) is -2.74. The maximum absolute atomic E-state index is 14.0. The van der Waals surface area contributed by atoms with Crippen LogP contribution in [-0.4, -0.2) is 62.0 Å². The molecular formula is C25H30F2N4O5. The lowest BCUT2D eigenvalue weighted by Crippen LogP contribution is -2.46. The van der Waals surface area contributed by atoms with Crippen LogP contribution in [0.1, 0.15) is 38.5 Å². The Balaban J connectivity index is 1.48. The van der Waals surface area contributed by atoms with Crippen LogP contribution < -0.4 is 10.1 Å². The van der Waals surface area contributed by atoms with Crippen molar-refractivity contribution in [1.82, 2.24) is 14.7 Å². The molecule has 1 aromatic heterocycles. The Labute approximate surface area is 207 Å². The fourth-order valence-corrected chi connectivity index (χ4v) is 4.68. The molecule has 0 spiro atoms. The van der Waals surface area contributed by atoms with Crippen LogP contribution in [0.4, 0.5) is 14.6 Å². The first-order valence-electron chi connectivity index (χ1n) is 12.1. The highest BCUT2D eigenvalue weighted by Crippen LogP contribution is 2.31. The second kappa shape index (κ2) is 11.6. The number of amides is 2. The number of ether oxygens (including phenoxy) is 1. The third kappa shape index (κ3) is 6.27. The van der Waals surface area contributed by atoms with E-state index in [1.165, 1.54) is 15.6 Å². The number of aromatic nitrogens is 2. The van der Waals surface area contributed by atoms with Gasteiger partial charge in [-0.25, -0.2) is 8.78 Å². The lowest BCUT2D eigenvalue weighted by atomic mass is 9.84. The Kier molecular flexibility index (Phi) is 8.32. The molecule has 4 rings (SSSR count). The lowest BCUT2D eigenvalue weighted by Gasteiger charge is -2.31. The van der Waals surface area contributed by atoms with Crippen molar-refractivity contribution in [3.05, 3.63) is 53.9 Å². The van der Waals surface area contributed by atoms with Gasteiger partial charge >= 0.3 is 0 Å². The summed E-state index contributed by atoms with van der Waals surface area (Å²) in [6.07, 6.45) is 7.33. The van der Waals surface area contributed by atoms with E-state index in [0.29, 0.717) is 6.42 Å². The number of para-hydroxylation sites is 1. The topological polar surface area (TPSA) is 117 Å². The molecule has 11 heteroatoms. The van der Waals surface area contributed by atoms with Crippen molar-refractivity contribution >= 4 is 17.6 Å². The van der Waals surface area contributed by atoms with Gasteiger partial charge in [-0.05, 0) is 24.5 Å². The minimum atomic E-state index is -0.987. The van der Waals surface area contributed by atoms with Gasteiger partial charge in [0, 0.05) is 18.3 Å². The third-order valence-corrected chi connectivity index (χ3v) is 6.51. The van der Waals surface area contributed by atoms with Gasteiger partial charge in [0.1, 0.15) is 11.8 Å². The highest BCUT2D eigenvalue weighted by atomic mass is 19.1. The summed E-state index contributed by atoms with van der Waals surface area (Å²) in [4.78, 5) is 27.6. The van der Waals surface area contributed by atoms with Crippen LogP contribution in [-0.2, 0) is 16.1 Å². The first-order chi connectivity index (χ1) is 17.3. The summed E-state index contributed by atoms with van der Waals surface area (Å²) >= 11 is 0. The van der Waals surface area contributed by atoms with Crippen molar-refractivity contribution in [2.45, 2.75) is 57.2 Å². The molecule has 0 bridgehead atoms. The number of hydrogen-bond acceptors (Lipinski definition) is 6. The zero-order valence-electron chi connectivity index (χ0n) is 19.8. The van der Waals surface area contributed by atoms with E-state index in [4.69, 9.17) is 9.84 Å². The van der Waals surface area contributed by atoms with Crippen LogP contribution in [0.3, 0.4) is 0 Å². The van der Waals surface area contributed by atoms with Crippen LogP contribution >= 0.6 is 0 Å². The summed E-state index contributed by atoms with van der Waals surface area (Å²) in [6.45, 7) is -0.468. The van der Waals surface area contributed by atoms with Gasteiger partial charge in [-0.3, -0.25) is 14.3 Å². The summed E-state index contributed by atoms with van der Waals surface area (Å²) in [5.41, 5.74) is 0. The van der Waals surface area contributed by atoms with Gasteiger partial charge in [0.25, 0.3) is 5.91 Å². The number of benzene rings is 1. The van der Waals surface area contributed by atoms with E-state index in [0.717, 1.165) is 50.3 Å². The monoisotopic (exact) mass is 504 g/mol. The van der Waals surface area contributed by atoms with Gasteiger partial charge < -0.3 is 25.2 Å². The smallest absolute Gasteiger partial charge is 0.251 e. The van der Waals surface area contributed by atoms with E-state index in [2.05, 4.69) is 10.4 Å². The average molecular weight is 505 g/mol. The van der Waals surface area contributed by atoms with Crippen LogP contribution in [0, 0.1) is 17.6 Å². The molecule has 194 valence electrons. The van der Waals surface area contributed by atoms with Crippen LogP contribution in [0.25, 0.3) is 0 Å². The Bertz CT molecular complexity index is 1100. The van der Waals surface area contributed by atoms with Gasteiger partial charge in [-0.2, -0.15) is 5.10 Å². The maximum atomic E-state index is 14.0. The number of nitrogens with zero attached hydrogens (tertiary/aromatic N) is 3. The van der Waals surface area contributed by atoms with E-state index < -0.39 is 48.0 Å². The van der Waals surface area contributed by atoms with Crippen LogP contribution in [0.15, 0.2) is 42.3 Å². The molecule has 2 aliphatic rings. The molecule has 1 saturated carbocycles. The number of rotatable bonds is 10. The van der Waals surface area contributed by atoms with Crippen LogP contribution in [0.2, 0.25) is 0 Å². The van der Waals surface area contributed by atoms with E-state index in [1.807, 2.05) is 0 Å². The minimum absolute atomic E-state index is 0.0488. The molecule has 2 heterocycles. The number of anilines is 1. The fraction of sp³-hybridized carbons (Fsp3) is 0.480. The Morgan fingerprint density at radius 2 is 1.92 bits per heavy atom. The third-order valence-electron chi connectivity index (χ3n) is 6.51. The number of nitrogens with one attached hydrogen (secondary N) is 1. The summed E-state index contributed by atoms with van der Waals surface area (Å²) in [6, 6.07) is 4.06. The molecule has 2 atom stereocenters. The zero-order valence-corrected chi connectivity index (χ0v) is 19.8. The molecule has 1 fully saturated rings. The van der Waals surface area contributed by atoms with Crippen molar-refractivity contribution < 1.29 is 33.3 Å². The zero-order chi connectivity index (χ0) is 25.7. The van der Waals surface area contributed by atoms with Gasteiger partial charge in [0.05, 0.1) is 25.8 Å². The van der Waals surface area contributed by atoms with E-state index in [-0.39, 0.29) is 30.6 Å². The number of hydrogen-bond donors (Lipinski definition) is 3. The Hall–Kier alpha value is -3.31. The molecule has 9 nitrogen and oxygen atoms in total. The number of aliphatic hydroxyl groups excluding tert-OH is 2. The van der Waals surface area contributed by atoms with Crippen molar-refractivity contribution in [1.29, 1.82) is 0 Å². The molecule has 2 aromatic rings. The SMILES string of the molecule is O=C(Nc1ccn(C[C@@H](O)CO)n1)[C@H](CC1CCCCC1)N1CC(Oc2c(F)cccc2F)=CC1=O. The van der Waals surface area contributed by atoms with E-state index in [9.17, 15) is 23.5 Å². The van der Waals surface area contributed by atoms with Crippen molar-refractivity contribution in [3.8, 4) is 5.75 Å². The molecule has 1 aromatic carbocycles. The molecule has 36 heavy (non-hydrogen) atoms. The van der Waals surface area contributed by atoms with E-state index in [1.54, 1.807) is 12.3 Å². The maximum Gasteiger partial charge on any atom is 0.251 e. The normalized spacial score (nSPS) is 18.2. The predicted octanol–water partition coefficient (Wildman–Crippen LogP) is 2.60. The largest absolute Gasteiger partial charge is 0.453 e. The summed E-state index contributed by atoms with van der Waals surface area (Å²) in [7, 11) is 0. The van der Waals surface area contributed by atoms with Crippen molar-refractivity contribution in [2.75, 3.05) is 18.5 Å². The lowest BCUT2D eigenvalue weighted by molar-refractivity contribution is -0.134. The molecule has 0 unspecified atom stereocenters. The van der Waals surface area contributed by atoms with Gasteiger partial charge in [0.2, 0.25) is 5.91 Å². The Morgan fingerprint density at radius 3 is 2.61 bits per heavy atom. The summed E-state index contributed by atoms with van der Waals surface area (Å²) in [5, 5.41) is 25.5. The van der Waals surface area contributed by atoms with Gasteiger partial charge in [-0.1, -0.05) is 38.2 Å². The Morgan fingerprint density at radius 1 is 1.19 bits per heavy atom. The number of carbonyl (C=O) groups is 2. The fourth-order valence-electron chi connectivity index (χ4n) is 4.68. The van der Waals surface area contributed by atoms with Gasteiger partial charge in [0.15, 0.2) is 23.2 Å². The molecule has 0 radical (unpaired) electrons. The number of aliphatic hydroxyl groups is 2. The van der Waals surface area contributed by atoms with Gasteiger partial charge in [-0.15, -0.1) is 0 Å². The number of carbonyl (C=O) groups excluding carboxylic acids is 2. The van der Waals surface area contributed by atoms with Crippen molar-refractivity contribution in [2.24, 2.45) is 5.92 Å². The highest BCUT2D eigenvalue weighted by molar-refractivity contribution is 5.99. The highest BCUT2D eigenvalue weighted by Gasteiger charge is 2.36. The standard InChI is InChI=1S/C25H30F2N4O5/c26-19-7-4-8-20(27)24(19)36-18-12-23(34)31(14-18)21(11-16-5-2-1-3-6-16)25(35)28-22-9-10-30(29-22)13-17(33)15-32/h4,7-10,12,16-17,21,32-33H,1-3,5-6,11,13-15H2,(H,28,29,35)/t17-,21+/m1/s1. The molecule has 0 saturated heterocycles. The molecular weight excluding hydrogens is 474 g/mol. The molecule has 3 N–H and O–H groups in total. The molecule has 1 aliphatic heterocycles. The van der Waals surface area contributed by atoms with E-state index >= 15 is 0 Å². The van der Waals surface area contributed by atoms with Crippen LogP contribution in [0.5, 0.6) is 5.75 Å². The number of halogens is 2. The second-order valence-corrected chi connectivity index (χ2v) is 9.23. The molecule has 1 aliphatic carbocycles. The van der Waals surface area contributed by atoms with Crippen molar-refractivity contribution in [3.63, 3.8) is 0 Å². The minimum Gasteiger partial charge on any atom is -0.453 e.